The SMILES string of the molecule is CC1(C)CC(Oc2ccc(-c3ccc(-c4ccnc(N=O)c4)cc3O)nn2)CC(C)(C)N1. The second kappa shape index (κ2) is 8.27. The number of hydrogen-bond acceptors (Lipinski definition) is 8. The minimum atomic E-state index is -0.0231. The van der Waals surface area contributed by atoms with Crippen molar-refractivity contribution in [2.24, 2.45) is 5.18 Å². The highest BCUT2D eigenvalue weighted by atomic mass is 16.5. The van der Waals surface area contributed by atoms with Gasteiger partial charge in [-0.3, -0.25) is 0 Å². The maximum atomic E-state index is 10.7. The predicted molar refractivity (Wildman–Crippen MR) is 123 cm³/mol. The topological polar surface area (TPSA) is 110 Å². The standard InChI is InChI=1S/C24H27N5O3/c1-23(2)13-17(14-24(3,4)29-23)32-22-8-7-19(26-27-22)18-6-5-15(11-20(18)30)16-9-10-25-21(12-16)28-31/h5-12,17,29-30H,13-14H2,1-4H3. The van der Waals surface area contributed by atoms with Gasteiger partial charge in [0.05, 0.1) is 5.69 Å². The molecule has 1 aliphatic rings. The molecular formula is C24H27N5O3. The predicted octanol–water partition coefficient (Wildman–Crippen LogP) is 5.00. The van der Waals surface area contributed by atoms with E-state index in [1.807, 2.05) is 6.07 Å². The summed E-state index contributed by atoms with van der Waals surface area (Å²) in [5.41, 5.74) is 2.52. The Hall–Kier alpha value is -3.39. The summed E-state index contributed by atoms with van der Waals surface area (Å²) in [5, 5.41) is 25.6. The number of nitrogens with zero attached hydrogens (tertiary/aromatic N) is 4. The second-order valence-corrected chi connectivity index (χ2v) is 9.52. The minimum Gasteiger partial charge on any atom is -0.507 e. The van der Waals surface area contributed by atoms with Crippen LogP contribution in [0.15, 0.2) is 53.8 Å². The maximum Gasteiger partial charge on any atom is 0.233 e. The molecule has 8 heteroatoms. The first-order chi connectivity index (χ1) is 15.1. The van der Waals surface area contributed by atoms with Crippen molar-refractivity contribution in [2.75, 3.05) is 0 Å². The van der Waals surface area contributed by atoms with Crippen LogP contribution in [-0.4, -0.2) is 37.5 Å². The molecule has 0 radical (unpaired) electrons. The van der Waals surface area contributed by atoms with E-state index in [9.17, 15) is 10.0 Å². The molecule has 8 nitrogen and oxygen atoms in total. The first kappa shape index (κ1) is 21.8. The average Bonchev–Trinajstić information content (AvgIpc) is 2.72. The van der Waals surface area contributed by atoms with Gasteiger partial charge in [-0.15, -0.1) is 15.1 Å². The van der Waals surface area contributed by atoms with E-state index >= 15 is 0 Å². The molecule has 1 fully saturated rings. The van der Waals surface area contributed by atoms with E-state index in [2.05, 4.69) is 53.4 Å². The monoisotopic (exact) mass is 433 g/mol. The highest BCUT2D eigenvalue weighted by Crippen LogP contribution is 2.34. The van der Waals surface area contributed by atoms with E-state index in [-0.39, 0.29) is 28.7 Å². The third kappa shape index (κ3) is 4.91. The third-order valence-electron chi connectivity index (χ3n) is 5.53. The van der Waals surface area contributed by atoms with Gasteiger partial charge in [-0.25, -0.2) is 4.98 Å². The first-order valence-corrected chi connectivity index (χ1v) is 10.6. The Morgan fingerprint density at radius 3 is 2.34 bits per heavy atom. The molecule has 0 spiro atoms. The molecule has 0 aliphatic carbocycles. The van der Waals surface area contributed by atoms with Crippen LogP contribution in [-0.2, 0) is 0 Å². The Labute approximate surface area is 187 Å². The highest BCUT2D eigenvalue weighted by molar-refractivity contribution is 5.74. The molecule has 3 aromatic rings. The van der Waals surface area contributed by atoms with Gasteiger partial charge in [-0.05, 0) is 74.3 Å². The molecule has 1 aliphatic heterocycles. The van der Waals surface area contributed by atoms with Crippen LogP contribution < -0.4 is 10.1 Å². The molecule has 4 rings (SSSR count). The van der Waals surface area contributed by atoms with E-state index in [4.69, 9.17) is 4.74 Å². The Kier molecular flexibility index (Phi) is 5.64. The average molecular weight is 434 g/mol. The molecule has 0 atom stereocenters. The zero-order valence-corrected chi connectivity index (χ0v) is 18.7. The third-order valence-corrected chi connectivity index (χ3v) is 5.53. The summed E-state index contributed by atoms with van der Waals surface area (Å²) in [5.74, 6) is 0.617. The van der Waals surface area contributed by atoms with Gasteiger partial charge in [0, 0.05) is 41.7 Å². The van der Waals surface area contributed by atoms with Crippen molar-refractivity contribution in [1.82, 2.24) is 20.5 Å². The van der Waals surface area contributed by atoms with Crippen LogP contribution in [0.1, 0.15) is 40.5 Å². The van der Waals surface area contributed by atoms with Gasteiger partial charge < -0.3 is 15.2 Å². The fourth-order valence-electron chi connectivity index (χ4n) is 4.58. The summed E-state index contributed by atoms with van der Waals surface area (Å²) < 4.78 is 6.13. The molecule has 2 aromatic heterocycles. The summed E-state index contributed by atoms with van der Waals surface area (Å²) >= 11 is 0. The number of benzene rings is 1. The van der Waals surface area contributed by atoms with Crippen LogP contribution in [0.2, 0.25) is 0 Å². The Morgan fingerprint density at radius 1 is 1.00 bits per heavy atom. The summed E-state index contributed by atoms with van der Waals surface area (Å²) in [6, 6.07) is 12.1. The van der Waals surface area contributed by atoms with E-state index in [0.717, 1.165) is 24.0 Å². The molecule has 2 N–H and O–H groups in total. The molecular weight excluding hydrogens is 406 g/mol. The largest absolute Gasteiger partial charge is 0.507 e. The van der Waals surface area contributed by atoms with Gasteiger partial charge >= 0.3 is 0 Å². The smallest absolute Gasteiger partial charge is 0.233 e. The number of nitrogens with one attached hydrogen (secondary N) is 1. The molecule has 0 unspecified atom stereocenters. The number of phenolic OH excluding ortho intramolecular Hbond substituents is 1. The number of phenols is 1. The number of aromatic hydroxyl groups is 1. The second-order valence-electron chi connectivity index (χ2n) is 9.52. The lowest BCUT2D eigenvalue weighted by Gasteiger charge is -2.46. The molecule has 0 bridgehead atoms. The van der Waals surface area contributed by atoms with Crippen molar-refractivity contribution in [2.45, 2.75) is 57.7 Å². The van der Waals surface area contributed by atoms with Crippen molar-refractivity contribution in [3.05, 3.63) is 53.6 Å². The van der Waals surface area contributed by atoms with Gasteiger partial charge in [-0.2, -0.15) is 0 Å². The van der Waals surface area contributed by atoms with E-state index in [0.29, 0.717) is 17.1 Å². The molecule has 3 heterocycles. The Bertz CT molecular complexity index is 1110. The number of ether oxygens (including phenoxy) is 1. The summed E-state index contributed by atoms with van der Waals surface area (Å²) in [6.07, 6.45) is 3.29. The first-order valence-electron chi connectivity index (χ1n) is 10.6. The molecule has 1 saturated heterocycles. The van der Waals surface area contributed by atoms with Crippen LogP contribution in [0.5, 0.6) is 11.6 Å². The van der Waals surface area contributed by atoms with Crippen LogP contribution in [0.25, 0.3) is 22.4 Å². The van der Waals surface area contributed by atoms with Crippen molar-refractivity contribution >= 4 is 5.82 Å². The number of nitroso groups, excluding NO2 is 1. The van der Waals surface area contributed by atoms with Crippen LogP contribution >= 0.6 is 0 Å². The van der Waals surface area contributed by atoms with Crippen molar-refractivity contribution in [3.63, 3.8) is 0 Å². The Balaban J connectivity index is 1.51. The lowest BCUT2D eigenvalue weighted by Crippen LogP contribution is -2.60. The fourth-order valence-corrected chi connectivity index (χ4v) is 4.58. The van der Waals surface area contributed by atoms with Crippen LogP contribution in [0.3, 0.4) is 0 Å². The Morgan fingerprint density at radius 2 is 1.72 bits per heavy atom. The number of pyridine rings is 1. The quantitative estimate of drug-likeness (QED) is 0.545. The molecule has 0 saturated carbocycles. The fraction of sp³-hybridized carbons (Fsp3) is 0.375. The normalized spacial score (nSPS) is 17.6. The van der Waals surface area contributed by atoms with Crippen LogP contribution in [0.4, 0.5) is 5.82 Å². The van der Waals surface area contributed by atoms with Crippen LogP contribution in [0, 0.1) is 4.91 Å². The zero-order chi connectivity index (χ0) is 22.9. The van der Waals surface area contributed by atoms with Gasteiger partial charge in [0.1, 0.15) is 11.9 Å². The number of hydrogen-bond donors (Lipinski definition) is 2. The van der Waals surface area contributed by atoms with Crippen molar-refractivity contribution in [1.29, 1.82) is 0 Å². The van der Waals surface area contributed by atoms with Gasteiger partial charge in [0.25, 0.3) is 0 Å². The lowest BCUT2D eigenvalue weighted by molar-refractivity contribution is 0.0524. The van der Waals surface area contributed by atoms with Gasteiger partial charge in [0.2, 0.25) is 5.88 Å². The van der Waals surface area contributed by atoms with Crippen molar-refractivity contribution in [3.8, 4) is 34.0 Å². The lowest BCUT2D eigenvalue weighted by atomic mass is 9.81. The molecule has 0 amide bonds. The van der Waals surface area contributed by atoms with E-state index in [1.165, 1.54) is 6.20 Å². The maximum absolute atomic E-state index is 10.7. The zero-order valence-electron chi connectivity index (χ0n) is 18.7. The number of aromatic nitrogens is 3. The highest BCUT2D eigenvalue weighted by Gasteiger charge is 2.38. The van der Waals surface area contributed by atoms with E-state index < -0.39 is 0 Å². The van der Waals surface area contributed by atoms with E-state index in [1.54, 1.807) is 36.4 Å². The van der Waals surface area contributed by atoms with Gasteiger partial charge in [-0.1, -0.05) is 6.07 Å². The number of rotatable bonds is 5. The summed E-state index contributed by atoms with van der Waals surface area (Å²) in [7, 11) is 0. The van der Waals surface area contributed by atoms with Crippen molar-refractivity contribution < 1.29 is 9.84 Å². The molecule has 166 valence electrons. The number of piperidine rings is 1. The molecule has 32 heavy (non-hydrogen) atoms. The summed E-state index contributed by atoms with van der Waals surface area (Å²) in [4.78, 5) is 14.6. The molecule has 1 aromatic carbocycles. The van der Waals surface area contributed by atoms with Gasteiger partial charge in [0.15, 0.2) is 5.82 Å². The summed E-state index contributed by atoms with van der Waals surface area (Å²) in [6.45, 7) is 8.70. The minimum absolute atomic E-state index is 0.0231.